The fourth-order valence-electron chi connectivity index (χ4n) is 2.69. The number of likely N-dealkylation sites (N-methyl/N-ethyl adjacent to an activating group) is 1. The highest BCUT2D eigenvalue weighted by Gasteiger charge is 2.21. The first kappa shape index (κ1) is 13.5. The maximum atomic E-state index is 5.67. The summed E-state index contributed by atoms with van der Waals surface area (Å²) in [7, 11) is 2.20. The van der Waals surface area contributed by atoms with Crippen LogP contribution in [0.3, 0.4) is 0 Å². The van der Waals surface area contributed by atoms with Crippen molar-refractivity contribution in [3.63, 3.8) is 0 Å². The smallest absolute Gasteiger partial charge is 0.0240 e. The van der Waals surface area contributed by atoms with E-state index in [9.17, 15) is 0 Å². The second-order valence-corrected chi connectivity index (χ2v) is 5.55. The van der Waals surface area contributed by atoms with Crippen molar-refractivity contribution in [2.45, 2.75) is 33.0 Å². The molecule has 0 radical (unpaired) electrons. The van der Waals surface area contributed by atoms with Crippen LogP contribution in [0.2, 0.25) is 0 Å². The highest BCUT2D eigenvalue weighted by Crippen LogP contribution is 2.17. The Hall–Kier alpha value is -0.900. The lowest BCUT2D eigenvalue weighted by atomic mass is 10.0. The number of hydrogen-bond donors (Lipinski definition) is 1. The summed E-state index contributed by atoms with van der Waals surface area (Å²) in [5, 5.41) is 0. The molecule has 1 unspecified atom stereocenters. The summed E-state index contributed by atoms with van der Waals surface area (Å²) < 4.78 is 0. The van der Waals surface area contributed by atoms with Gasteiger partial charge >= 0.3 is 0 Å². The van der Waals surface area contributed by atoms with E-state index in [1.165, 1.54) is 29.8 Å². The fourth-order valence-corrected chi connectivity index (χ4v) is 2.69. The Morgan fingerprint density at radius 1 is 1.33 bits per heavy atom. The molecular formula is C15H25N3. The summed E-state index contributed by atoms with van der Waals surface area (Å²) in [6, 6.07) is 7.25. The predicted octanol–water partition coefficient (Wildman–Crippen LogP) is 1.59. The molecule has 18 heavy (non-hydrogen) atoms. The number of nitrogens with two attached hydrogens (primary N) is 1. The molecule has 1 aromatic carbocycles. The quantitative estimate of drug-likeness (QED) is 0.880. The molecule has 2 N–H and O–H groups in total. The Morgan fingerprint density at radius 3 is 2.72 bits per heavy atom. The lowest BCUT2D eigenvalue weighted by molar-refractivity contribution is 0.0937. The van der Waals surface area contributed by atoms with E-state index in [4.69, 9.17) is 5.73 Å². The topological polar surface area (TPSA) is 32.5 Å². The van der Waals surface area contributed by atoms with E-state index >= 15 is 0 Å². The summed E-state index contributed by atoms with van der Waals surface area (Å²) in [5.74, 6) is 0. The average Bonchev–Trinajstić information content (AvgIpc) is 2.34. The van der Waals surface area contributed by atoms with Gasteiger partial charge in [-0.05, 0) is 37.6 Å². The van der Waals surface area contributed by atoms with Crippen molar-refractivity contribution < 1.29 is 0 Å². The SMILES string of the molecule is Cc1cc(CN)ccc1CN1CCN(C)CC1C. The van der Waals surface area contributed by atoms with Crippen LogP contribution in [0.4, 0.5) is 0 Å². The third kappa shape index (κ3) is 3.10. The molecule has 1 saturated heterocycles. The minimum absolute atomic E-state index is 0.631. The zero-order valence-electron chi connectivity index (χ0n) is 11.8. The van der Waals surface area contributed by atoms with Crippen molar-refractivity contribution in [3.05, 3.63) is 34.9 Å². The first-order valence-corrected chi connectivity index (χ1v) is 6.81. The molecule has 0 saturated carbocycles. The summed E-state index contributed by atoms with van der Waals surface area (Å²) in [5.41, 5.74) is 9.70. The van der Waals surface area contributed by atoms with E-state index < -0.39 is 0 Å². The van der Waals surface area contributed by atoms with Gasteiger partial charge < -0.3 is 10.6 Å². The first-order valence-electron chi connectivity index (χ1n) is 6.81. The number of piperazine rings is 1. The number of hydrogen-bond acceptors (Lipinski definition) is 3. The Labute approximate surface area is 111 Å². The number of rotatable bonds is 3. The van der Waals surface area contributed by atoms with Gasteiger partial charge in [0.1, 0.15) is 0 Å². The van der Waals surface area contributed by atoms with Gasteiger partial charge in [-0.3, -0.25) is 4.90 Å². The predicted molar refractivity (Wildman–Crippen MR) is 76.4 cm³/mol. The van der Waals surface area contributed by atoms with Crippen molar-refractivity contribution in [2.75, 3.05) is 26.7 Å². The monoisotopic (exact) mass is 247 g/mol. The van der Waals surface area contributed by atoms with E-state index in [1.54, 1.807) is 0 Å². The van der Waals surface area contributed by atoms with Gasteiger partial charge in [0.2, 0.25) is 0 Å². The van der Waals surface area contributed by atoms with E-state index in [2.05, 4.69) is 48.9 Å². The second-order valence-electron chi connectivity index (χ2n) is 5.55. The Balaban J connectivity index is 2.05. The molecule has 3 nitrogen and oxygen atoms in total. The third-order valence-electron chi connectivity index (χ3n) is 3.98. The van der Waals surface area contributed by atoms with Crippen LogP contribution in [0.5, 0.6) is 0 Å². The second kappa shape index (κ2) is 5.83. The summed E-state index contributed by atoms with van der Waals surface area (Å²) in [6.45, 7) is 9.70. The molecule has 1 fully saturated rings. The zero-order valence-corrected chi connectivity index (χ0v) is 11.8. The van der Waals surface area contributed by atoms with Crippen molar-refractivity contribution >= 4 is 0 Å². The van der Waals surface area contributed by atoms with Gasteiger partial charge in [-0.1, -0.05) is 18.2 Å². The minimum Gasteiger partial charge on any atom is -0.326 e. The van der Waals surface area contributed by atoms with Gasteiger partial charge in [-0.15, -0.1) is 0 Å². The molecule has 0 bridgehead atoms. The number of benzene rings is 1. The molecule has 1 heterocycles. The molecule has 2 rings (SSSR count). The van der Waals surface area contributed by atoms with Crippen LogP contribution in [0, 0.1) is 6.92 Å². The fraction of sp³-hybridized carbons (Fsp3) is 0.600. The van der Waals surface area contributed by atoms with Gasteiger partial charge in [0.05, 0.1) is 0 Å². The maximum absolute atomic E-state index is 5.67. The highest BCUT2D eigenvalue weighted by atomic mass is 15.3. The lowest BCUT2D eigenvalue weighted by Crippen LogP contribution is -2.49. The minimum atomic E-state index is 0.631. The normalized spacial score (nSPS) is 22.3. The van der Waals surface area contributed by atoms with Crippen molar-refractivity contribution in [3.8, 4) is 0 Å². The van der Waals surface area contributed by atoms with Crippen LogP contribution >= 0.6 is 0 Å². The molecule has 100 valence electrons. The number of aryl methyl sites for hydroxylation is 1. The molecule has 3 heteroatoms. The van der Waals surface area contributed by atoms with Gasteiger partial charge in [0, 0.05) is 38.8 Å². The molecule has 1 aromatic rings. The molecule has 1 atom stereocenters. The zero-order chi connectivity index (χ0) is 13.1. The largest absolute Gasteiger partial charge is 0.326 e. The van der Waals surface area contributed by atoms with Crippen molar-refractivity contribution in [1.29, 1.82) is 0 Å². The molecular weight excluding hydrogens is 222 g/mol. The Kier molecular flexibility index (Phi) is 4.38. The van der Waals surface area contributed by atoms with Gasteiger partial charge in [-0.25, -0.2) is 0 Å². The molecule has 0 amide bonds. The average molecular weight is 247 g/mol. The maximum Gasteiger partial charge on any atom is 0.0240 e. The molecule has 0 spiro atoms. The van der Waals surface area contributed by atoms with Crippen molar-refractivity contribution in [2.24, 2.45) is 5.73 Å². The van der Waals surface area contributed by atoms with Gasteiger partial charge in [0.15, 0.2) is 0 Å². The third-order valence-corrected chi connectivity index (χ3v) is 3.98. The molecule has 0 aromatic heterocycles. The number of nitrogens with zero attached hydrogens (tertiary/aromatic N) is 2. The van der Waals surface area contributed by atoms with Crippen LogP contribution in [-0.2, 0) is 13.1 Å². The van der Waals surface area contributed by atoms with Crippen LogP contribution in [0.1, 0.15) is 23.6 Å². The Bertz CT molecular complexity index is 403. The highest BCUT2D eigenvalue weighted by molar-refractivity contribution is 5.31. The van der Waals surface area contributed by atoms with Gasteiger partial charge in [0.25, 0.3) is 0 Å². The van der Waals surface area contributed by atoms with E-state index in [-0.39, 0.29) is 0 Å². The lowest BCUT2D eigenvalue weighted by Gasteiger charge is -2.38. The summed E-state index contributed by atoms with van der Waals surface area (Å²) in [6.07, 6.45) is 0. The molecule has 0 aliphatic carbocycles. The summed E-state index contributed by atoms with van der Waals surface area (Å²) >= 11 is 0. The van der Waals surface area contributed by atoms with E-state index in [0.717, 1.165) is 13.1 Å². The molecule has 1 aliphatic heterocycles. The van der Waals surface area contributed by atoms with Crippen LogP contribution in [0.15, 0.2) is 18.2 Å². The van der Waals surface area contributed by atoms with E-state index in [0.29, 0.717) is 12.6 Å². The van der Waals surface area contributed by atoms with Crippen LogP contribution in [0.25, 0.3) is 0 Å². The van der Waals surface area contributed by atoms with E-state index in [1.807, 2.05) is 0 Å². The standard InChI is InChI=1S/C15H25N3/c1-12-8-14(9-16)4-5-15(12)11-18-7-6-17(3)10-13(18)2/h4-5,8,13H,6-7,9-11,16H2,1-3H3. The first-order chi connectivity index (χ1) is 8.60. The van der Waals surface area contributed by atoms with Crippen LogP contribution < -0.4 is 5.73 Å². The van der Waals surface area contributed by atoms with Gasteiger partial charge in [-0.2, -0.15) is 0 Å². The molecule has 1 aliphatic rings. The van der Waals surface area contributed by atoms with Crippen LogP contribution in [-0.4, -0.2) is 42.5 Å². The Morgan fingerprint density at radius 2 is 2.11 bits per heavy atom. The van der Waals surface area contributed by atoms with Crippen molar-refractivity contribution in [1.82, 2.24) is 9.80 Å². The summed E-state index contributed by atoms with van der Waals surface area (Å²) in [4.78, 5) is 4.98.